The Labute approximate surface area is 194 Å². The van der Waals surface area contributed by atoms with Gasteiger partial charge in [0.25, 0.3) is 0 Å². The second-order valence-electron chi connectivity index (χ2n) is 9.57. The summed E-state index contributed by atoms with van der Waals surface area (Å²) in [5.41, 5.74) is 6.14. The minimum atomic E-state index is -0.602. The summed E-state index contributed by atoms with van der Waals surface area (Å²) in [6.07, 6.45) is 2.75. The summed E-state index contributed by atoms with van der Waals surface area (Å²) >= 11 is 0. The predicted octanol–water partition coefficient (Wildman–Crippen LogP) is 2.09. The normalized spacial score (nSPS) is 22.2. The van der Waals surface area contributed by atoms with E-state index in [-0.39, 0.29) is 54.2 Å². The fourth-order valence-corrected chi connectivity index (χ4v) is 4.78. The van der Waals surface area contributed by atoms with E-state index in [4.69, 9.17) is 15.2 Å². The van der Waals surface area contributed by atoms with Gasteiger partial charge in [0, 0.05) is 33.7 Å². The van der Waals surface area contributed by atoms with Gasteiger partial charge in [-0.05, 0) is 24.7 Å². The summed E-state index contributed by atoms with van der Waals surface area (Å²) in [5, 5.41) is 0. The largest absolute Gasteiger partial charge is 0.379 e. The minimum absolute atomic E-state index is 0.0151. The Bertz CT molecular complexity index is 614. The van der Waals surface area contributed by atoms with Crippen LogP contribution in [0.3, 0.4) is 0 Å². The highest BCUT2D eigenvalue weighted by Crippen LogP contribution is 2.28. The van der Waals surface area contributed by atoms with Crippen molar-refractivity contribution in [2.45, 2.75) is 90.6 Å². The van der Waals surface area contributed by atoms with Gasteiger partial charge in [-0.2, -0.15) is 0 Å². The van der Waals surface area contributed by atoms with Crippen LogP contribution in [0.2, 0.25) is 0 Å². The first kappa shape index (κ1) is 28.5. The summed E-state index contributed by atoms with van der Waals surface area (Å²) in [5.74, 6) is -0.343. The van der Waals surface area contributed by atoms with E-state index in [1.807, 2.05) is 25.7 Å². The number of hydrogen-bond donors (Lipinski definition) is 1. The SMILES string of the molecule is CC[C@H](C)[C@@H]([C@@H](CC(=O)N1CCC[C@H]1[C@H](OC)[C@@H](C)C=O)OC)N(C)C(=O)[C@@H](N)C(C)C. The maximum atomic E-state index is 13.4. The first-order valence-electron chi connectivity index (χ1n) is 11.9. The molecule has 0 unspecified atom stereocenters. The molecule has 0 aromatic carbocycles. The lowest BCUT2D eigenvalue weighted by Crippen LogP contribution is -2.56. The van der Waals surface area contributed by atoms with Gasteiger partial charge in [-0.15, -0.1) is 0 Å². The molecular weight excluding hydrogens is 410 g/mol. The number of nitrogens with two attached hydrogens (primary N) is 1. The summed E-state index contributed by atoms with van der Waals surface area (Å²) in [7, 11) is 4.92. The van der Waals surface area contributed by atoms with Gasteiger partial charge < -0.3 is 29.8 Å². The zero-order valence-electron chi connectivity index (χ0n) is 21.2. The molecule has 8 nitrogen and oxygen atoms in total. The van der Waals surface area contributed by atoms with Crippen molar-refractivity contribution >= 4 is 18.1 Å². The van der Waals surface area contributed by atoms with Crippen LogP contribution in [0.25, 0.3) is 0 Å². The van der Waals surface area contributed by atoms with E-state index < -0.39 is 12.1 Å². The number of ether oxygens (including phenoxy) is 2. The molecule has 186 valence electrons. The number of carbonyl (C=O) groups is 3. The third-order valence-electron chi connectivity index (χ3n) is 7.09. The molecule has 1 aliphatic rings. The molecular formula is C24H45N3O5. The Hall–Kier alpha value is -1.51. The van der Waals surface area contributed by atoms with Crippen LogP contribution in [-0.4, -0.2) is 86.0 Å². The highest BCUT2D eigenvalue weighted by atomic mass is 16.5. The van der Waals surface area contributed by atoms with Crippen LogP contribution >= 0.6 is 0 Å². The molecule has 0 aliphatic carbocycles. The molecule has 2 N–H and O–H groups in total. The molecule has 0 spiro atoms. The van der Waals surface area contributed by atoms with Crippen molar-refractivity contribution in [3.05, 3.63) is 0 Å². The van der Waals surface area contributed by atoms with Gasteiger partial charge in [-0.3, -0.25) is 9.59 Å². The standard InChI is InChI=1S/C24H45N3O5/c1-9-16(4)22(26(6)24(30)21(25)15(2)3)19(31-7)13-20(29)27-12-10-11-18(27)23(32-8)17(5)14-28/h14-19,21-23H,9-13,25H2,1-8H3/t16-,17-,18-,19+,21-,22-,23+/m0/s1. The third kappa shape index (κ3) is 6.75. The molecule has 32 heavy (non-hydrogen) atoms. The molecule has 1 saturated heterocycles. The second kappa shape index (κ2) is 13.3. The van der Waals surface area contributed by atoms with Crippen LogP contribution in [0.4, 0.5) is 0 Å². The predicted molar refractivity (Wildman–Crippen MR) is 125 cm³/mol. The molecule has 0 aromatic heterocycles. The summed E-state index contributed by atoms with van der Waals surface area (Å²) < 4.78 is 11.4. The van der Waals surface area contributed by atoms with Crippen LogP contribution in [0.5, 0.6) is 0 Å². The molecule has 1 fully saturated rings. The number of carbonyl (C=O) groups excluding carboxylic acids is 3. The van der Waals surface area contributed by atoms with E-state index in [0.717, 1.165) is 25.5 Å². The number of aldehydes is 1. The molecule has 0 radical (unpaired) electrons. The monoisotopic (exact) mass is 455 g/mol. The Morgan fingerprint density at radius 3 is 2.28 bits per heavy atom. The fraction of sp³-hybridized carbons (Fsp3) is 0.875. The molecule has 1 rings (SSSR count). The zero-order chi connectivity index (χ0) is 24.6. The van der Waals surface area contributed by atoms with Gasteiger partial charge in [0.2, 0.25) is 11.8 Å². The molecule has 1 aliphatic heterocycles. The van der Waals surface area contributed by atoms with Gasteiger partial charge in [-0.25, -0.2) is 0 Å². The van der Waals surface area contributed by atoms with Crippen molar-refractivity contribution in [2.24, 2.45) is 23.5 Å². The van der Waals surface area contributed by atoms with Gasteiger partial charge in [0.05, 0.1) is 36.8 Å². The molecule has 8 heteroatoms. The van der Waals surface area contributed by atoms with Crippen molar-refractivity contribution < 1.29 is 23.9 Å². The fourth-order valence-electron chi connectivity index (χ4n) is 4.78. The van der Waals surface area contributed by atoms with Gasteiger partial charge in [0.15, 0.2) is 0 Å². The highest BCUT2D eigenvalue weighted by Gasteiger charge is 2.41. The highest BCUT2D eigenvalue weighted by molar-refractivity contribution is 5.82. The lowest BCUT2D eigenvalue weighted by Gasteiger charge is -2.40. The second-order valence-corrected chi connectivity index (χ2v) is 9.57. The van der Waals surface area contributed by atoms with Gasteiger partial charge in [0.1, 0.15) is 6.29 Å². The molecule has 0 aromatic rings. The molecule has 7 atom stereocenters. The smallest absolute Gasteiger partial charge is 0.239 e. The number of nitrogens with zero attached hydrogens (tertiary/aromatic N) is 2. The maximum absolute atomic E-state index is 13.4. The van der Waals surface area contributed by atoms with E-state index in [2.05, 4.69) is 13.8 Å². The first-order valence-corrected chi connectivity index (χ1v) is 11.9. The molecule has 2 amide bonds. The number of amides is 2. The topological polar surface area (TPSA) is 102 Å². The number of methoxy groups -OCH3 is 2. The summed E-state index contributed by atoms with van der Waals surface area (Å²) in [6.45, 7) is 10.4. The Kier molecular flexibility index (Phi) is 11.8. The average Bonchev–Trinajstić information content (AvgIpc) is 3.26. The Morgan fingerprint density at radius 2 is 1.81 bits per heavy atom. The number of rotatable bonds is 13. The van der Waals surface area contributed by atoms with Crippen molar-refractivity contribution in [1.29, 1.82) is 0 Å². The number of likely N-dealkylation sites (N-methyl/N-ethyl adjacent to an activating group) is 1. The van der Waals surface area contributed by atoms with Crippen LogP contribution in [0, 0.1) is 17.8 Å². The molecule has 1 heterocycles. The van der Waals surface area contributed by atoms with Gasteiger partial charge in [-0.1, -0.05) is 41.0 Å². The van der Waals surface area contributed by atoms with E-state index in [1.165, 1.54) is 0 Å². The van der Waals surface area contributed by atoms with Crippen molar-refractivity contribution in [2.75, 3.05) is 27.8 Å². The van der Waals surface area contributed by atoms with E-state index in [9.17, 15) is 14.4 Å². The van der Waals surface area contributed by atoms with E-state index in [1.54, 1.807) is 26.2 Å². The van der Waals surface area contributed by atoms with Gasteiger partial charge >= 0.3 is 0 Å². The quantitative estimate of drug-likeness (QED) is 0.427. The lowest BCUT2D eigenvalue weighted by molar-refractivity contribution is -0.145. The van der Waals surface area contributed by atoms with Crippen molar-refractivity contribution in [1.82, 2.24) is 9.80 Å². The Morgan fingerprint density at radius 1 is 1.19 bits per heavy atom. The zero-order valence-corrected chi connectivity index (χ0v) is 21.2. The number of hydrogen-bond acceptors (Lipinski definition) is 6. The van der Waals surface area contributed by atoms with Crippen LogP contribution in [0.1, 0.15) is 60.3 Å². The maximum Gasteiger partial charge on any atom is 0.239 e. The van der Waals surface area contributed by atoms with Crippen molar-refractivity contribution in [3.8, 4) is 0 Å². The van der Waals surface area contributed by atoms with E-state index in [0.29, 0.717) is 6.54 Å². The van der Waals surface area contributed by atoms with Crippen LogP contribution in [-0.2, 0) is 23.9 Å². The minimum Gasteiger partial charge on any atom is -0.379 e. The van der Waals surface area contributed by atoms with E-state index >= 15 is 0 Å². The Balaban J connectivity index is 3.08. The van der Waals surface area contributed by atoms with Crippen LogP contribution in [0.15, 0.2) is 0 Å². The molecule has 0 saturated carbocycles. The third-order valence-corrected chi connectivity index (χ3v) is 7.09. The lowest BCUT2D eigenvalue weighted by atomic mass is 9.89. The molecule has 0 bridgehead atoms. The first-order chi connectivity index (χ1) is 15.0. The summed E-state index contributed by atoms with van der Waals surface area (Å²) in [4.78, 5) is 41.2. The number of likely N-dealkylation sites (tertiary alicyclic amines) is 1. The average molecular weight is 456 g/mol. The summed E-state index contributed by atoms with van der Waals surface area (Å²) in [6, 6.07) is -1.02. The van der Waals surface area contributed by atoms with Crippen LogP contribution < -0.4 is 5.73 Å². The van der Waals surface area contributed by atoms with Crippen molar-refractivity contribution in [3.63, 3.8) is 0 Å².